The van der Waals surface area contributed by atoms with E-state index in [1.165, 1.54) is 4.90 Å². The molecule has 7 aliphatic rings. The zero-order chi connectivity index (χ0) is 71.3. The molecule has 2 unspecified atom stereocenters. The van der Waals surface area contributed by atoms with Crippen LogP contribution in [0.3, 0.4) is 0 Å². The Morgan fingerprint density at radius 3 is 1.30 bits per heavy atom. The summed E-state index contributed by atoms with van der Waals surface area (Å²) < 4.78 is 146. The molecule has 9 atom stereocenters. The minimum Gasteiger partial charge on any atom is -0.343 e. The molecule has 12 rings (SSSR count). The Morgan fingerprint density at radius 1 is 0.515 bits per heavy atom. The van der Waals surface area contributed by atoms with Crippen LogP contribution in [0.1, 0.15) is 146 Å². The van der Waals surface area contributed by atoms with Gasteiger partial charge in [0.2, 0.25) is 17.7 Å². The van der Waals surface area contributed by atoms with Crippen LogP contribution in [0.2, 0.25) is 0 Å². The molecule has 99 heavy (non-hydrogen) atoms. The van der Waals surface area contributed by atoms with Crippen LogP contribution >= 0.6 is 11.8 Å². The van der Waals surface area contributed by atoms with Gasteiger partial charge in [0.1, 0.15) is 17.5 Å². The van der Waals surface area contributed by atoms with Crippen molar-refractivity contribution in [1.82, 2.24) is 24.5 Å². The first kappa shape index (κ1) is 74.4. The number of hydrogen-bond acceptors (Lipinski definition) is 12. The second-order valence-electron chi connectivity index (χ2n) is 27.6. The van der Waals surface area contributed by atoms with Gasteiger partial charge < -0.3 is 36.8 Å². The van der Waals surface area contributed by atoms with E-state index in [1.54, 1.807) is 43.0 Å². The molecule has 7 heterocycles. The number of carbonyl (C=O) groups excluding carboxylic acids is 6. The molecule has 27 heteroatoms. The van der Waals surface area contributed by atoms with E-state index in [4.69, 9.17) is 17.2 Å². The van der Waals surface area contributed by atoms with Gasteiger partial charge in [-0.15, -0.1) is 0 Å². The molecule has 0 aliphatic carbocycles. The number of likely N-dealkylation sites (tertiary alicyclic amines) is 2. The SMILES string of the molecule is CC(C)S(=O)(=O)CCC(=O)N1CCC([C@H](N)Cc2cc(F)c(F)cc2F)CC1.N[C@H](Cc1cc(F)c(F)cc1F)C1C[C@H]2CC[C@@H](C1)N2C(=O)c1cccc(CN2C(=O)CSC2=O)c1.N[C@H](Cc1cc(F)c(F)cc1F)C1C[C@H]2CC[C@@H](C1)N2C(=O)c1cccc(CN2CCCC2=O)c1. The Balaban J connectivity index is 0.000000162. The van der Waals surface area contributed by atoms with Crippen molar-refractivity contribution in [3.05, 3.63) is 176 Å². The Bertz CT molecular complexity index is 3920. The number of nitrogens with two attached hydrogens (primary N) is 3. The molecular formula is C72H83F9N8O8S2. The molecular weight excluding hydrogens is 1340 g/mol. The molecule has 7 fully saturated rings. The number of thioether (sulfide) groups is 1. The number of imide groups is 1. The molecule has 6 N–H and O–H groups in total. The summed E-state index contributed by atoms with van der Waals surface area (Å²) in [5.41, 5.74) is 21.9. The summed E-state index contributed by atoms with van der Waals surface area (Å²) in [7, 11) is -3.26. The van der Waals surface area contributed by atoms with Crippen LogP contribution in [-0.2, 0) is 56.6 Å². The first-order chi connectivity index (χ1) is 47.0. The van der Waals surface area contributed by atoms with E-state index in [-0.39, 0.29) is 137 Å². The van der Waals surface area contributed by atoms with Gasteiger partial charge in [0.25, 0.3) is 17.1 Å². The van der Waals surface area contributed by atoms with E-state index in [0.717, 1.165) is 74.2 Å². The monoisotopic (exact) mass is 1420 g/mol. The molecule has 0 spiro atoms. The number of fused-ring (bicyclic) bond motifs is 4. The summed E-state index contributed by atoms with van der Waals surface area (Å²) in [6.07, 6.45) is 9.08. The van der Waals surface area contributed by atoms with Gasteiger partial charge in [-0.2, -0.15) is 0 Å². The lowest BCUT2D eigenvalue weighted by Gasteiger charge is -2.41. The molecule has 7 saturated heterocycles. The predicted molar refractivity (Wildman–Crippen MR) is 354 cm³/mol. The van der Waals surface area contributed by atoms with Crippen molar-refractivity contribution in [3.8, 4) is 0 Å². The highest BCUT2D eigenvalue weighted by atomic mass is 32.2. The van der Waals surface area contributed by atoms with Crippen molar-refractivity contribution in [2.45, 2.75) is 177 Å². The van der Waals surface area contributed by atoms with Crippen LogP contribution in [-0.4, -0.2) is 146 Å². The first-order valence-corrected chi connectivity index (χ1v) is 36.5. The van der Waals surface area contributed by atoms with Crippen molar-refractivity contribution in [2.75, 3.05) is 31.1 Å². The molecule has 4 bridgehead atoms. The fourth-order valence-corrected chi connectivity index (χ4v) is 16.8. The smallest absolute Gasteiger partial charge is 0.289 e. The van der Waals surface area contributed by atoms with Gasteiger partial charge >= 0.3 is 0 Å². The molecule has 0 radical (unpaired) electrons. The minimum absolute atomic E-state index is 0.00855. The molecule has 5 aromatic rings. The fraction of sp³-hybridized carbons (Fsp3) is 0.500. The van der Waals surface area contributed by atoms with Gasteiger partial charge in [-0.1, -0.05) is 36.0 Å². The topological polar surface area (TPSA) is 231 Å². The van der Waals surface area contributed by atoms with Crippen LogP contribution in [0.25, 0.3) is 0 Å². The molecule has 6 amide bonds. The quantitative estimate of drug-likeness (QED) is 0.0518. The normalized spacial score (nSPS) is 22.5. The molecule has 534 valence electrons. The highest BCUT2D eigenvalue weighted by Crippen LogP contribution is 2.43. The average molecular weight is 1420 g/mol. The Morgan fingerprint density at radius 2 is 0.919 bits per heavy atom. The summed E-state index contributed by atoms with van der Waals surface area (Å²) in [4.78, 5) is 83.6. The minimum atomic E-state index is -3.26. The highest BCUT2D eigenvalue weighted by molar-refractivity contribution is 8.14. The first-order valence-electron chi connectivity index (χ1n) is 33.8. The predicted octanol–water partition coefficient (Wildman–Crippen LogP) is 10.9. The summed E-state index contributed by atoms with van der Waals surface area (Å²) in [6, 6.07) is 17.5. The molecule has 0 aromatic heterocycles. The van der Waals surface area contributed by atoms with Crippen LogP contribution < -0.4 is 17.2 Å². The lowest BCUT2D eigenvalue weighted by atomic mass is 9.82. The third-order valence-corrected chi connectivity index (χ3v) is 23.8. The Hall–Kier alpha value is -7.33. The van der Waals surface area contributed by atoms with Gasteiger partial charge in [0.05, 0.1) is 23.3 Å². The van der Waals surface area contributed by atoms with Gasteiger partial charge in [0, 0.05) is 111 Å². The maximum atomic E-state index is 14.1. The Labute approximate surface area is 574 Å². The van der Waals surface area contributed by atoms with E-state index in [9.17, 15) is 76.7 Å². The van der Waals surface area contributed by atoms with Crippen LogP contribution in [0, 0.1) is 70.1 Å². The van der Waals surface area contributed by atoms with Gasteiger partial charge in [0.15, 0.2) is 44.7 Å². The molecule has 16 nitrogen and oxygen atoms in total. The number of carbonyl (C=O) groups is 6. The third kappa shape index (κ3) is 17.9. The van der Waals surface area contributed by atoms with Crippen LogP contribution in [0.4, 0.5) is 44.3 Å². The summed E-state index contributed by atoms with van der Waals surface area (Å²) in [6.45, 7) is 5.47. The lowest BCUT2D eigenvalue weighted by molar-refractivity contribution is -0.132. The van der Waals surface area contributed by atoms with Crippen molar-refractivity contribution in [2.24, 2.45) is 35.0 Å². The molecule has 0 saturated carbocycles. The zero-order valence-electron chi connectivity index (χ0n) is 55.1. The number of hydrogen-bond donors (Lipinski definition) is 3. The highest BCUT2D eigenvalue weighted by Gasteiger charge is 2.47. The number of halogens is 9. The largest absolute Gasteiger partial charge is 0.343 e. The van der Waals surface area contributed by atoms with Gasteiger partial charge in [-0.05, 0) is 192 Å². The van der Waals surface area contributed by atoms with Crippen LogP contribution in [0.5, 0.6) is 0 Å². The second kappa shape index (κ2) is 32.1. The van der Waals surface area contributed by atoms with Crippen molar-refractivity contribution in [1.29, 1.82) is 0 Å². The Kier molecular flexibility index (Phi) is 24.1. The van der Waals surface area contributed by atoms with Crippen LogP contribution in [0.15, 0.2) is 84.9 Å². The summed E-state index contributed by atoms with van der Waals surface area (Å²) >= 11 is 0.976. The van der Waals surface area contributed by atoms with E-state index in [2.05, 4.69) is 0 Å². The van der Waals surface area contributed by atoms with Crippen molar-refractivity contribution >= 4 is 56.4 Å². The van der Waals surface area contributed by atoms with E-state index in [0.29, 0.717) is 99.5 Å². The standard InChI is InChI=1S/C27H30F3N3O2.C26H26F3N3O3S.C19H27F3N2O3S/c28-22-14-24(30)23(29)12-18(22)13-25(31)19-10-20-6-7-21(11-19)33(20)27(35)17-4-1-3-16(9-17)15-32-8-2-5-26(32)34;27-20-11-22(29)21(28)9-16(20)10-23(30)17-7-18-4-5-19(8-17)32(18)25(34)15-3-1-2-14(6-15)12-31-24(33)13-36-26(31)35;1-12(2)28(26,27)8-5-19(25)24-6-3-13(4-7-24)18(23)10-14-9-16(21)17(22)11-15(14)20/h1,3-4,9,12,14,19-21,25H,2,5-8,10-11,13,15,31H2;1-3,6,9,11,17-19,23H,4-5,7-8,10,12-13,30H2;9,11-13,18H,3-8,10,23H2,1-2H3/t19?,20-,21+,25-;17?,18-,19+,23-;18-/m111/s1. The number of sulfone groups is 1. The second-order valence-corrected chi connectivity index (χ2v) is 31.2. The van der Waals surface area contributed by atoms with Gasteiger partial charge in [-0.3, -0.25) is 33.7 Å². The zero-order valence-corrected chi connectivity index (χ0v) is 56.8. The number of amides is 6. The van der Waals surface area contributed by atoms with Crippen molar-refractivity contribution < 1.29 is 76.7 Å². The fourth-order valence-electron chi connectivity index (χ4n) is 15.1. The maximum absolute atomic E-state index is 14.1. The maximum Gasteiger partial charge on any atom is 0.289 e. The third-order valence-electron chi connectivity index (χ3n) is 20.7. The number of benzene rings is 5. The van der Waals surface area contributed by atoms with E-state index in [1.807, 2.05) is 39.0 Å². The van der Waals surface area contributed by atoms with Crippen molar-refractivity contribution in [3.63, 3.8) is 0 Å². The lowest BCUT2D eigenvalue weighted by Crippen LogP contribution is -2.50. The van der Waals surface area contributed by atoms with E-state index < -0.39 is 85.6 Å². The average Bonchev–Trinajstić information content (AvgIpc) is 1.67. The van der Waals surface area contributed by atoms with Gasteiger partial charge in [-0.25, -0.2) is 47.9 Å². The van der Waals surface area contributed by atoms with E-state index >= 15 is 0 Å². The summed E-state index contributed by atoms with van der Waals surface area (Å²) in [5.74, 6) is -9.70. The molecule has 5 aromatic carbocycles. The number of rotatable bonds is 19. The molecule has 7 aliphatic heterocycles. The number of nitrogens with zero attached hydrogens (tertiary/aromatic N) is 5. The number of piperidine rings is 3. The summed E-state index contributed by atoms with van der Waals surface area (Å²) in [5, 5.41) is -0.794.